The van der Waals surface area contributed by atoms with Gasteiger partial charge in [-0.1, -0.05) is 48.2 Å². The molecule has 0 bridgehead atoms. The van der Waals surface area contributed by atoms with Gasteiger partial charge in [-0.15, -0.1) is 5.11 Å². The van der Waals surface area contributed by atoms with E-state index in [9.17, 15) is 14.4 Å². The molecule has 2 atom stereocenters. The van der Waals surface area contributed by atoms with E-state index in [1.807, 2.05) is 37.3 Å². The Morgan fingerprint density at radius 2 is 1.93 bits per heavy atom. The van der Waals surface area contributed by atoms with Crippen molar-refractivity contribution < 1.29 is 14.4 Å². The topological polar surface area (TPSA) is 129 Å². The van der Waals surface area contributed by atoms with Gasteiger partial charge in [-0.2, -0.15) is 5.11 Å². The van der Waals surface area contributed by atoms with E-state index in [1.54, 1.807) is 12.1 Å². The zero-order valence-corrected chi connectivity index (χ0v) is 16.4. The number of nitrogens with two attached hydrogens (primary N) is 1. The number of primary amides is 1. The average Bonchev–Trinajstić information content (AvgIpc) is 2.99. The number of amides is 3. The molecule has 1 aliphatic rings. The van der Waals surface area contributed by atoms with Crippen LogP contribution in [0.25, 0.3) is 0 Å². The van der Waals surface area contributed by atoms with E-state index in [4.69, 9.17) is 11.1 Å². The number of hydrogen-bond donors (Lipinski definition) is 2. The lowest BCUT2D eigenvalue weighted by Crippen LogP contribution is -2.31. The smallest absolute Gasteiger partial charge is 0.248 e. The first-order valence-electron chi connectivity index (χ1n) is 8.84. The molecule has 0 aliphatic carbocycles. The van der Waals surface area contributed by atoms with Crippen LogP contribution in [0.5, 0.6) is 0 Å². The fourth-order valence-corrected chi connectivity index (χ4v) is 3.66. The lowest BCUT2D eigenvalue weighted by molar-refractivity contribution is -0.121. The van der Waals surface area contributed by atoms with E-state index in [2.05, 4.69) is 10.2 Å². The lowest BCUT2D eigenvalue weighted by atomic mass is 10.1. The number of nitrogens with zero attached hydrogens (tertiary/aromatic N) is 3. The van der Waals surface area contributed by atoms with Crippen molar-refractivity contribution in [1.29, 1.82) is 5.41 Å². The fraction of sp³-hybridized carbons (Fsp3) is 0.200. The van der Waals surface area contributed by atoms with Gasteiger partial charge in [-0.25, -0.2) is 4.90 Å². The van der Waals surface area contributed by atoms with Gasteiger partial charge in [0, 0.05) is 12.0 Å². The summed E-state index contributed by atoms with van der Waals surface area (Å²) in [5.41, 5.74) is 6.71. The van der Waals surface area contributed by atoms with E-state index in [0.29, 0.717) is 0 Å². The molecule has 0 saturated carbocycles. The highest BCUT2D eigenvalue weighted by Gasteiger charge is 2.40. The second-order valence-electron chi connectivity index (χ2n) is 6.40. The van der Waals surface area contributed by atoms with Crippen LogP contribution in [0.15, 0.2) is 64.8 Å². The Morgan fingerprint density at radius 3 is 2.62 bits per heavy atom. The number of amidine groups is 1. The minimum absolute atomic E-state index is 0.0591. The predicted molar refractivity (Wildman–Crippen MR) is 111 cm³/mol. The normalized spacial score (nSPS) is 17.7. The molecule has 0 spiro atoms. The van der Waals surface area contributed by atoms with Crippen LogP contribution in [-0.4, -0.2) is 28.1 Å². The first-order chi connectivity index (χ1) is 13.9. The summed E-state index contributed by atoms with van der Waals surface area (Å²) in [4.78, 5) is 37.4. The highest BCUT2D eigenvalue weighted by atomic mass is 32.2. The Bertz CT molecular complexity index is 993. The van der Waals surface area contributed by atoms with Crippen LogP contribution in [-0.2, 0) is 9.59 Å². The summed E-state index contributed by atoms with van der Waals surface area (Å²) in [6.45, 7) is 1.86. The number of rotatable bonds is 5. The van der Waals surface area contributed by atoms with E-state index >= 15 is 0 Å². The third kappa shape index (κ3) is 4.75. The van der Waals surface area contributed by atoms with E-state index in [0.717, 1.165) is 22.2 Å². The molecule has 0 radical (unpaired) electrons. The van der Waals surface area contributed by atoms with Crippen LogP contribution in [0.4, 0.5) is 5.69 Å². The van der Waals surface area contributed by atoms with E-state index < -0.39 is 23.0 Å². The molecule has 3 N–H and O–H groups in total. The monoisotopic (exact) mass is 409 g/mol. The van der Waals surface area contributed by atoms with Gasteiger partial charge in [0.2, 0.25) is 22.9 Å². The first kappa shape index (κ1) is 20.4. The third-order valence-corrected chi connectivity index (χ3v) is 5.31. The standard InChI is InChI=1S/C20H19N5O3S/c1-12(13-6-3-2-4-7-13)23-24-20(22)29-16-11-17(26)25(19(16)28)15-9-5-8-14(10-15)18(21)27/h2-10,12,16,22H,11H2,1H3,(H2,21,27). The van der Waals surface area contributed by atoms with Crippen molar-refractivity contribution in [1.82, 2.24) is 0 Å². The minimum Gasteiger partial charge on any atom is -0.366 e. The van der Waals surface area contributed by atoms with Gasteiger partial charge < -0.3 is 5.73 Å². The van der Waals surface area contributed by atoms with Gasteiger partial charge in [0.25, 0.3) is 0 Å². The van der Waals surface area contributed by atoms with Crippen LogP contribution in [0, 0.1) is 5.41 Å². The molecule has 2 aromatic rings. The molecule has 0 aromatic heterocycles. The van der Waals surface area contributed by atoms with Gasteiger partial charge >= 0.3 is 0 Å². The maximum Gasteiger partial charge on any atom is 0.248 e. The Labute approximate surface area is 171 Å². The molecule has 1 saturated heterocycles. The van der Waals surface area contributed by atoms with E-state index in [-0.39, 0.29) is 28.9 Å². The van der Waals surface area contributed by atoms with Crippen molar-refractivity contribution in [3.8, 4) is 0 Å². The van der Waals surface area contributed by atoms with Gasteiger partial charge in [0.05, 0.1) is 11.7 Å². The summed E-state index contributed by atoms with van der Waals surface area (Å²) in [5.74, 6) is -1.51. The molecule has 29 heavy (non-hydrogen) atoms. The number of nitrogens with one attached hydrogen (secondary N) is 1. The van der Waals surface area contributed by atoms with Crippen LogP contribution >= 0.6 is 11.8 Å². The highest BCUT2D eigenvalue weighted by Crippen LogP contribution is 2.31. The molecule has 148 valence electrons. The summed E-state index contributed by atoms with van der Waals surface area (Å²) in [7, 11) is 0. The molecule has 8 nitrogen and oxygen atoms in total. The number of imide groups is 1. The maximum absolute atomic E-state index is 12.7. The molecular weight excluding hydrogens is 390 g/mol. The highest BCUT2D eigenvalue weighted by molar-refractivity contribution is 8.14. The molecule has 9 heteroatoms. The summed E-state index contributed by atoms with van der Waals surface area (Å²) in [6.07, 6.45) is -0.0591. The van der Waals surface area contributed by atoms with Crippen LogP contribution < -0.4 is 10.6 Å². The summed E-state index contributed by atoms with van der Waals surface area (Å²) < 4.78 is 0. The second kappa shape index (κ2) is 8.78. The Balaban J connectivity index is 1.67. The van der Waals surface area contributed by atoms with Crippen LogP contribution in [0.2, 0.25) is 0 Å². The van der Waals surface area contributed by atoms with Crippen molar-refractivity contribution in [3.05, 3.63) is 65.7 Å². The van der Waals surface area contributed by atoms with Gasteiger partial charge in [-0.05, 0) is 30.7 Å². The molecule has 3 rings (SSSR count). The molecule has 1 fully saturated rings. The van der Waals surface area contributed by atoms with Gasteiger partial charge in [-0.3, -0.25) is 19.8 Å². The second-order valence-corrected chi connectivity index (χ2v) is 7.59. The summed E-state index contributed by atoms with van der Waals surface area (Å²) in [6, 6.07) is 15.3. The predicted octanol–water partition coefficient (Wildman–Crippen LogP) is 3.30. The number of benzene rings is 2. The number of carbonyl (C=O) groups excluding carboxylic acids is 3. The fourth-order valence-electron chi connectivity index (χ4n) is 2.86. The van der Waals surface area contributed by atoms with Gasteiger partial charge in [0.1, 0.15) is 5.25 Å². The Morgan fingerprint density at radius 1 is 1.21 bits per heavy atom. The Kier molecular flexibility index (Phi) is 6.18. The SMILES string of the molecule is CC(N=NC(=N)SC1CC(=O)N(c2cccc(C(N)=O)c2)C1=O)c1ccccc1. The van der Waals surface area contributed by atoms with Crippen molar-refractivity contribution in [2.24, 2.45) is 16.0 Å². The maximum atomic E-state index is 12.7. The zero-order valence-electron chi connectivity index (χ0n) is 15.6. The van der Waals surface area contributed by atoms with Crippen LogP contribution in [0.3, 0.4) is 0 Å². The molecular formula is C20H19N5O3S. The Hall–Kier alpha value is -3.33. The van der Waals surface area contributed by atoms with Crippen LogP contribution in [0.1, 0.15) is 35.3 Å². The number of thioether (sulfide) groups is 1. The summed E-state index contributed by atoms with van der Waals surface area (Å²) in [5, 5.41) is 15.1. The third-order valence-electron chi connectivity index (χ3n) is 4.35. The van der Waals surface area contributed by atoms with Crippen molar-refractivity contribution in [2.75, 3.05) is 4.90 Å². The number of anilines is 1. The molecule has 2 aromatic carbocycles. The average molecular weight is 409 g/mol. The quantitative estimate of drug-likeness (QED) is 0.340. The van der Waals surface area contributed by atoms with Crippen molar-refractivity contribution in [3.63, 3.8) is 0 Å². The number of hydrogen-bond acceptors (Lipinski definition) is 6. The number of carbonyl (C=O) groups is 3. The van der Waals surface area contributed by atoms with E-state index in [1.165, 1.54) is 12.1 Å². The zero-order chi connectivity index (χ0) is 21.0. The largest absolute Gasteiger partial charge is 0.366 e. The number of azo groups is 1. The molecule has 2 unspecified atom stereocenters. The van der Waals surface area contributed by atoms with Crippen molar-refractivity contribution in [2.45, 2.75) is 24.6 Å². The summed E-state index contributed by atoms with van der Waals surface area (Å²) >= 11 is 0.884. The lowest BCUT2D eigenvalue weighted by Gasteiger charge is -2.15. The van der Waals surface area contributed by atoms with Gasteiger partial charge in [0.15, 0.2) is 0 Å². The minimum atomic E-state index is -0.766. The first-order valence-corrected chi connectivity index (χ1v) is 9.72. The molecule has 1 heterocycles. The van der Waals surface area contributed by atoms with Crippen molar-refractivity contribution >= 4 is 40.3 Å². The molecule has 3 amide bonds. The molecule has 1 aliphatic heterocycles.